The van der Waals surface area contributed by atoms with Gasteiger partial charge in [0.2, 0.25) is 10.0 Å². The molecule has 9 heteroatoms. The van der Waals surface area contributed by atoms with Crippen LogP contribution < -0.4 is 9.46 Å². The van der Waals surface area contributed by atoms with E-state index >= 15 is 0 Å². The SMILES string of the molecule is CS(=O)(=O)N[C@H]1CCOC[C@@H]1COc1ccc(-c2ccc(F)cn2)cc1F. The van der Waals surface area contributed by atoms with E-state index in [1.165, 1.54) is 24.3 Å². The molecule has 1 aliphatic heterocycles. The number of hydrogen-bond donors (Lipinski definition) is 1. The number of halogens is 2. The van der Waals surface area contributed by atoms with Crippen LogP contribution in [0, 0.1) is 17.6 Å². The van der Waals surface area contributed by atoms with Gasteiger partial charge in [0.05, 0.1) is 31.4 Å². The van der Waals surface area contributed by atoms with Crippen LogP contribution in [0.4, 0.5) is 8.78 Å². The fourth-order valence-electron chi connectivity index (χ4n) is 2.91. The van der Waals surface area contributed by atoms with Gasteiger partial charge in [-0.15, -0.1) is 0 Å². The summed E-state index contributed by atoms with van der Waals surface area (Å²) in [5, 5.41) is 0. The molecule has 27 heavy (non-hydrogen) atoms. The number of nitrogens with one attached hydrogen (secondary N) is 1. The molecule has 2 heterocycles. The highest BCUT2D eigenvalue weighted by molar-refractivity contribution is 7.88. The summed E-state index contributed by atoms with van der Waals surface area (Å²) in [7, 11) is -3.36. The van der Waals surface area contributed by atoms with Gasteiger partial charge in [-0.1, -0.05) is 0 Å². The normalized spacial score (nSPS) is 20.4. The van der Waals surface area contributed by atoms with Crippen molar-refractivity contribution in [2.45, 2.75) is 12.5 Å². The minimum atomic E-state index is -3.36. The zero-order chi connectivity index (χ0) is 19.4. The predicted octanol–water partition coefficient (Wildman–Crippen LogP) is 2.36. The van der Waals surface area contributed by atoms with Crippen molar-refractivity contribution in [3.8, 4) is 17.0 Å². The van der Waals surface area contributed by atoms with Gasteiger partial charge in [0.1, 0.15) is 5.82 Å². The van der Waals surface area contributed by atoms with Crippen LogP contribution in [0.2, 0.25) is 0 Å². The van der Waals surface area contributed by atoms with Crippen molar-refractivity contribution in [1.82, 2.24) is 9.71 Å². The number of ether oxygens (including phenoxy) is 2. The number of pyridine rings is 1. The van der Waals surface area contributed by atoms with Crippen LogP contribution in [0.25, 0.3) is 11.3 Å². The molecule has 1 saturated heterocycles. The zero-order valence-corrected chi connectivity index (χ0v) is 15.5. The Morgan fingerprint density at radius 2 is 2.11 bits per heavy atom. The molecule has 0 spiro atoms. The van der Waals surface area contributed by atoms with E-state index in [9.17, 15) is 17.2 Å². The number of nitrogens with zero attached hydrogens (tertiary/aromatic N) is 1. The van der Waals surface area contributed by atoms with E-state index in [-0.39, 0.29) is 24.3 Å². The van der Waals surface area contributed by atoms with E-state index in [0.717, 1.165) is 12.5 Å². The Balaban J connectivity index is 1.67. The van der Waals surface area contributed by atoms with Gasteiger partial charge in [-0.05, 0) is 36.8 Å². The summed E-state index contributed by atoms with van der Waals surface area (Å²) < 4.78 is 63.8. The molecule has 6 nitrogen and oxygen atoms in total. The lowest BCUT2D eigenvalue weighted by atomic mass is 9.98. The van der Waals surface area contributed by atoms with Gasteiger partial charge < -0.3 is 9.47 Å². The highest BCUT2D eigenvalue weighted by atomic mass is 32.2. The fourth-order valence-corrected chi connectivity index (χ4v) is 3.77. The van der Waals surface area contributed by atoms with Gasteiger partial charge in [-0.25, -0.2) is 21.9 Å². The first-order valence-electron chi connectivity index (χ1n) is 8.41. The van der Waals surface area contributed by atoms with Crippen LogP contribution in [0.3, 0.4) is 0 Å². The van der Waals surface area contributed by atoms with Crippen molar-refractivity contribution in [3.63, 3.8) is 0 Å². The van der Waals surface area contributed by atoms with Gasteiger partial charge in [-0.3, -0.25) is 4.98 Å². The van der Waals surface area contributed by atoms with Crippen LogP contribution in [0.1, 0.15) is 6.42 Å². The average Bonchev–Trinajstić information content (AvgIpc) is 2.61. The summed E-state index contributed by atoms with van der Waals surface area (Å²) in [6.07, 6.45) is 2.69. The summed E-state index contributed by atoms with van der Waals surface area (Å²) >= 11 is 0. The summed E-state index contributed by atoms with van der Waals surface area (Å²) in [6.45, 7) is 0.891. The van der Waals surface area contributed by atoms with Crippen LogP contribution in [0.5, 0.6) is 5.75 Å². The Hall–Kier alpha value is -2.10. The van der Waals surface area contributed by atoms with Crippen LogP contribution in [-0.4, -0.2) is 45.5 Å². The topological polar surface area (TPSA) is 77.5 Å². The largest absolute Gasteiger partial charge is 0.490 e. The minimum Gasteiger partial charge on any atom is -0.490 e. The molecule has 2 atom stereocenters. The molecule has 0 bridgehead atoms. The molecule has 0 radical (unpaired) electrons. The first kappa shape index (κ1) is 19.7. The predicted molar refractivity (Wildman–Crippen MR) is 95.8 cm³/mol. The lowest BCUT2D eigenvalue weighted by Gasteiger charge is -2.31. The molecule has 0 saturated carbocycles. The number of hydrogen-bond acceptors (Lipinski definition) is 5. The molecule has 1 aliphatic rings. The second-order valence-electron chi connectivity index (χ2n) is 6.44. The van der Waals surface area contributed by atoms with Crippen molar-refractivity contribution < 1.29 is 26.7 Å². The van der Waals surface area contributed by atoms with Gasteiger partial charge in [-0.2, -0.15) is 0 Å². The van der Waals surface area contributed by atoms with Crippen molar-refractivity contribution in [2.75, 3.05) is 26.1 Å². The van der Waals surface area contributed by atoms with E-state index < -0.39 is 21.7 Å². The van der Waals surface area contributed by atoms with E-state index in [2.05, 4.69) is 9.71 Å². The molecule has 0 aliphatic carbocycles. The van der Waals surface area contributed by atoms with Crippen molar-refractivity contribution in [3.05, 3.63) is 48.2 Å². The number of benzene rings is 1. The lowest BCUT2D eigenvalue weighted by Crippen LogP contribution is -2.47. The summed E-state index contributed by atoms with van der Waals surface area (Å²) in [6, 6.07) is 6.76. The number of rotatable bonds is 6. The van der Waals surface area contributed by atoms with E-state index in [0.29, 0.717) is 30.9 Å². The molecular formula is C18H20F2N2O4S. The van der Waals surface area contributed by atoms with Crippen molar-refractivity contribution in [2.24, 2.45) is 5.92 Å². The molecule has 146 valence electrons. The molecule has 0 unspecified atom stereocenters. The quantitative estimate of drug-likeness (QED) is 0.808. The standard InChI is InChI=1S/C18H20F2N2O4S/c1-27(23,24)22-17-6-7-25-10-13(17)11-26-18-5-2-12(8-15(18)20)16-4-3-14(19)9-21-16/h2-5,8-9,13,17,22H,6-7,10-11H2,1H3/t13-,17+/m1/s1. The van der Waals surface area contributed by atoms with E-state index in [1.807, 2.05) is 0 Å². The summed E-state index contributed by atoms with van der Waals surface area (Å²) in [4.78, 5) is 3.92. The van der Waals surface area contributed by atoms with Gasteiger partial charge in [0, 0.05) is 24.1 Å². The fraction of sp³-hybridized carbons (Fsp3) is 0.389. The smallest absolute Gasteiger partial charge is 0.208 e. The first-order valence-corrected chi connectivity index (χ1v) is 10.3. The average molecular weight is 398 g/mol. The molecule has 0 amide bonds. The molecule has 1 fully saturated rings. The Labute approximate surface area is 156 Å². The maximum absolute atomic E-state index is 14.4. The molecule has 1 aromatic carbocycles. The number of sulfonamides is 1. The minimum absolute atomic E-state index is 0.0459. The van der Waals surface area contributed by atoms with Crippen LogP contribution in [0.15, 0.2) is 36.5 Å². The van der Waals surface area contributed by atoms with Crippen LogP contribution in [-0.2, 0) is 14.8 Å². The van der Waals surface area contributed by atoms with Gasteiger partial charge >= 0.3 is 0 Å². The molecule has 2 aromatic rings. The van der Waals surface area contributed by atoms with Gasteiger partial charge in [0.25, 0.3) is 0 Å². The monoisotopic (exact) mass is 398 g/mol. The van der Waals surface area contributed by atoms with E-state index in [4.69, 9.17) is 9.47 Å². The highest BCUT2D eigenvalue weighted by Gasteiger charge is 2.29. The Morgan fingerprint density at radius 3 is 2.78 bits per heavy atom. The maximum Gasteiger partial charge on any atom is 0.208 e. The molecule has 1 N–H and O–H groups in total. The molecular weight excluding hydrogens is 378 g/mol. The second-order valence-corrected chi connectivity index (χ2v) is 8.22. The third-order valence-corrected chi connectivity index (χ3v) is 4.98. The Morgan fingerprint density at radius 1 is 1.30 bits per heavy atom. The third kappa shape index (κ3) is 5.44. The third-order valence-electron chi connectivity index (χ3n) is 4.25. The number of aromatic nitrogens is 1. The van der Waals surface area contributed by atoms with Gasteiger partial charge in [0.15, 0.2) is 11.6 Å². The summed E-state index contributed by atoms with van der Waals surface area (Å²) in [5.41, 5.74) is 0.942. The lowest BCUT2D eigenvalue weighted by molar-refractivity contribution is 0.0181. The first-order chi connectivity index (χ1) is 12.8. The molecule has 3 rings (SSSR count). The van der Waals surface area contributed by atoms with Crippen molar-refractivity contribution >= 4 is 10.0 Å². The summed E-state index contributed by atoms with van der Waals surface area (Å²) in [5.74, 6) is -1.23. The highest BCUT2D eigenvalue weighted by Crippen LogP contribution is 2.26. The second kappa shape index (κ2) is 8.28. The van der Waals surface area contributed by atoms with E-state index in [1.54, 1.807) is 6.07 Å². The van der Waals surface area contributed by atoms with Crippen LogP contribution >= 0.6 is 0 Å². The maximum atomic E-state index is 14.4. The Kier molecular flexibility index (Phi) is 6.03. The zero-order valence-electron chi connectivity index (χ0n) is 14.7. The molecule has 1 aromatic heterocycles. The Bertz CT molecular complexity index is 891. The van der Waals surface area contributed by atoms with Crippen molar-refractivity contribution in [1.29, 1.82) is 0 Å².